The average molecular weight is 995 g/mol. The van der Waals surface area contributed by atoms with E-state index in [2.05, 4.69) is 0 Å². The van der Waals surface area contributed by atoms with Crippen LogP contribution in [0, 0.1) is 0 Å². The number of hydrogen-bond donors (Lipinski definition) is 0. The van der Waals surface area contributed by atoms with Gasteiger partial charge in [-0.2, -0.15) is 10.1 Å². The molecule has 2 heterocycles. The molecule has 0 saturated carbocycles. The summed E-state index contributed by atoms with van der Waals surface area (Å²) < 4.78 is 34.7. The normalized spacial score (nSPS) is 15.6. The smallest absolute Gasteiger partial charge is 0.356 e. The molecule has 0 fully saturated rings. The summed E-state index contributed by atoms with van der Waals surface area (Å²) in [6.45, 7) is 9.52. The molecule has 0 saturated heterocycles. The highest BCUT2D eigenvalue weighted by Crippen LogP contribution is 2.39. The predicted molar refractivity (Wildman–Crippen MR) is 273 cm³/mol. The summed E-state index contributed by atoms with van der Waals surface area (Å²) in [6.07, 6.45) is 1.34. The Morgan fingerprint density at radius 3 is 1.25 bits per heavy atom. The molecule has 0 spiro atoms. The van der Waals surface area contributed by atoms with Crippen LogP contribution in [-0.4, -0.2) is 151 Å². The molecule has 0 aromatic heterocycles. The fraction of sp³-hybridized carbons (Fsp3) is 0.444. The molecule has 2 aliphatic rings. The Balaban J connectivity index is 1.38. The van der Waals surface area contributed by atoms with Crippen LogP contribution in [0.15, 0.2) is 84.9 Å². The Labute approximate surface area is 423 Å². The standard InChI is InChI=1S/C54H70N6O12/c1-35(2)69-41-15-19-45-43(33-41)53(63)57(27-13-25-55(5)6)49(31-37-29-39(65-9)17-21-47(37)67-11)59(45)71-51(61)23-24-52(62)72-60-46-20-16-42(70-36(3)4)34-44(46)54(64)58(28-14-26-56(7)8)50(60)32-38-30-40(66-10)18-22-48(38)68-12/h15-24,29-30,33-36,49-50H,13-14,25-28,31-32H2,1-12H3/b24-23-. The molecule has 18 nitrogen and oxygen atoms in total. The molecule has 72 heavy (non-hydrogen) atoms. The van der Waals surface area contributed by atoms with Crippen molar-refractivity contribution >= 4 is 35.1 Å². The van der Waals surface area contributed by atoms with Crippen molar-refractivity contribution in [1.82, 2.24) is 19.6 Å². The van der Waals surface area contributed by atoms with Gasteiger partial charge in [-0.1, -0.05) is 0 Å². The molecule has 4 aromatic carbocycles. The average Bonchev–Trinajstić information content (AvgIpc) is 3.34. The quantitative estimate of drug-likeness (QED) is 0.0658. The van der Waals surface area contributed by atoms with E-state index in [1.54, 1.807) is 98.9 Å². The van der Waals surface area contributed by atoms with Gasteiger partial charge < -0.3 is 57.7 Å². The lowest BCUT2D eigenvalue weighted by atomic mass is 10.0. The van der Waals surface area contributed by atoms with Crippen molar-refractivity contribution < 1.29 is 57.3 Å². The monoisotopic (exact) mass is 995 g/mol. The van der Waals surface area contributed by atoms with Crippen molar-refractivity contribution in [2.45, 2.75) is 77.9 Å². The van der Waals surface area contributed by atoms with Crippen LogP contribution in [0.1, 0.15) is 72.4 Å². The first-order valence-electron chi connectivity index (χ1n) is 24.1. The van der Waals surface area contributed by atoms with Crippen molar-refractivity contribution in [3.63, 3.8) is 0 Å². The number of carbonyl (C=O) groups excluding carboxylic acids is 4. The molecule has 18 heteroatoms. The third-order valence-corrected chi connectivity index (χ3v) is 11.9. The number of amides is 2. The van der Waals surface area contributed by atoms with Crippen LogP contribution in [0.3, 0.4) is 0 Å². The van der Waals surface area contributed by atoms with Crippen LogP contribution >= 0.6 is 0 Å². The van der Waals surface area contributed by atoms with E-state index < -0.39 is 24.3 Å². The number of rotatable bonds is 24. The lowest BCUT2D eigenvalue weighted by molar-refractivity contribution is -0.144. The first-order chi connectivity index (χ1) is 34.4. The van der Waals surface area contributed by atoms with Crippen LogP contribution < -0.4 is 38.5 Å². The summed E-state index contributed by atoms with van der Waals surface area (Å²) in [5.41, 5.74) is 2.54. The second-order valence-corrected chi connectivity index (χ2v) is 18.5. The van der Waals surface area contributed by atoms with E-state index >= 15 is 0 Å². The van der Waals surface area contributed by atoms with E-state index in [9.17, 15) is 19.2 Å². The fourth-order valence-electron chi connectivity index (χ4n) is 8.69. The van der Waals surface area contributed by atoms with E-state index in [0.29, 0.717) is 96.0 Å². The first-order valence-corrected chi connectivity index (χ1v) is 24.1. The Kier molecular flexibility index (Phi) is 18.6. The zero-order chi connectivity index (χ0) is 52.2. The largest absolute Gasteiger partial charge is 0.497 e. The molecule has 2 aliphatic heterocycles. The van der Waals surface area contributed by atoms with Crippen molar-refractivity contribution in [1.29, 1.82) is 0 Å². The molecule has 0 radical (unpaired) electrons. The summed E-state index contributed by atoms with van der Waals surface area (Å²) in [5, 5.41) is 2.80. The van der Waals surface area contributed by atoms with Gasteiger partial charge >= 0.3 is 11.9 Å². The lowest BCUT2D eigenvalue weighted by Gasteiger charge is -2.44. The second-order valence-electron chi connectivity index (χ2n) is 18.5. The number of hydroxylamine groups is 2. The van der Waals surface area contributed by atoms with Crippen molar-refractivity contribution in [3.8, 4) is 34.5 Å². The molecule has 388 valence electrons. The van der Waals surface area contributed by atoms with Crippen LogP contribution in [0.2, 0.25) is 0 Å². The van der Waals surface area contributed by atoms with Gasteiger partial charge in [0.2, 0.25) is 0 Å². The number of ether oxygens (including phenoxy) is 6. The molecule has 6 rings (SSSR count). The number of carbonyl (C=O) groups is 4. The highest BCUT2D eigenvalue weighted by atomic mass is 16.7. The van der Waals surface area contributed by atoms with Crippen LogP contribution in [-0.2, 0) is 32.1 Å². The number of nitrogens with zero attached hydrogens (tertiary/aromatic N) is 6. The number of hydrogen-bond acceptors (Lipinski definition) is 16. The molecule has 2 amide bonds. The van der Waals surface area contributed by atoms with Crippen LogP contribution in [0.4, 0.5) is 11.4 Å². The molecular weight excluding hydrogens is 925 g/mol. The highest BCUT2D eigenvalue weighted by Gasteiger charge is 2.43. The van der Waals surface area contributed by atoms with Gasteiger partial charge in [0.25, 0.3) is 11.8 Å². The van der Waals surface area contributed by atoms with Gasteiger partial charge in [-0.25, -0.2) is 9.59 Å². The molecule has 2 unspecified atom stereocenters. The SMILES string of the molecule is COc1ccc(OC)c(CC2N(CCCN(C)C)C(=O)c3cc(OC(C)C)ccc3N2OC(=O)/C=C\C(=O)ON2c3ccc(OC(C)C)cc3C(=O)N(CCCN(C)C)C2Cc2cc(OC)ccc2OC)c1. The van der Waals surface area contributed by atoms with Gasteiger partial charge in [-0.3, -0.25) is 9.59 Å². The summed E-state index contributed by atoms with van der Waals surface area (Å²) in [5.74, 6) is 0.734. The van der Waals surface area contributed by atoms with Gasteiger partial charge in [-0.15, -0.1) is 0 Å². The van der Waals surface area contributed by atoms with E-state index in [0.717, 1.165) is 12.2 Å². The minimum Gasteiger partial charge on any atom is -0.497 e. The summed E-state index contributed by atoms with van der Waals surface area (Å²) in [7, 11) is 14.0. The molecule has 0 N–H and O–H groups in total. The van der Waals surface area contributed by atoms with E-state index in [4.69, 9.17) is 38.1 Å². The van der Waals surface area contributed by atoms with Crippen LogP contribution in [0.5, 0.6) is 34.5 Å². The molecule has 2 atom stereocenters. The maximum absolute atomic E-state index is 14.6. The zero-order valence-corrected chi connectivity index (χ0v) is 43.6. The number of benzene rings is 4. The van der Waals surface area contributed by atoms with Crippen molar-refractivity contribution in [3.05, 3.63) is 107 Å². The zero-order valence-electron chi connectivity index (χ0n) is 43.6. The Bertz CT molecular complexity index is 2390. The predicted octanol–water partition coefficient (Wildman–Crippen LogP) is 7.03. The molecule has 0 bridgehead atoms. The molecular formula is C54H70N6O12. The molecule has 0 aliphatic carbocycles. The minimum absolute atomic E-state index is 0.151. The first kappa shape index (κ1) is 54.2. The third-order valence-electron chi connectivity index (χ3n) is 11.9. The Morgan fingerprint density at radius 1 is 0.542 bits per heavy atom. The van der Waals surface area contributed by atoms with Gasteiger partial charge in [-0.05, 0) is 155 Å². The highest BCUT2D eigenvalue weighted by molar-refractivity contribution is 6.04. The number of anilines is 2. The topological polar surface area (TPSA) is 162 Å². The van der Waals surface area contributed by atoms with Gasteiger partial charge in [0.1, 0.15) is 46.8 Å². The van der Waals surface area contributed by atoms with E-state index in [-0.39, 0.29) is 48.0 Å². The number of methoxy groups -OCH3 is 4. The number of fused-ring (bicyclic) bond motifs is 2. The summed E-state index contributed by atoms with van der Waals surface area (Å²) >= 11 is 0. The summed E-state index contributed by atoms with van der Waals surface area (Å²) in [6, 6.07) is 20.8. The minimum atomic E-state index is -0.932. The summed E-state index contributed by atoms with van der Waals surface area (Å²) in [4.78, 5) is 77.6. The lowest BCUT2D eigenvalue weighted by Crippen LogP contribution is -2.57. The van der Waals surface area contributed by atoms with Gasteiger partial charge in [0.05, 0.1) is 63.1 Å². The van der Waals surface area contributed by atoms with Crippen LogP contribution in [0.25, 0.3) is 0 Å². The van der Waals surface area contributed by atoms with Crippen molar-refractivity contribution in [2.75, 3.05) is 92.9 Å². The maximum Gasteiger partial charge on any atom is 0.356 e. The van der Waals surface area contributed by atoms with Gasteiger partial charge in [0.15, 0.2) is 0 Å². The Hall–Kier alpha value is -7.18. The van der Waals surface area contributed by atoms with E-state index in [1.807, 2.05) is 77.8 Å². The second kappa shape index (κ2) is 24.8. The molecule has 4 aromatic rings. The maximum atomic E-state index is 14.6. The fourth-order valence-corrected chi connectivity index (χ4v) is 8.69. The van der Waals surface area contributed by atoms with E-state index in [1.165, 1.54) is 10.1 Å². The van der Waals surface area contributed by atoms with Gasteiger partial charge in [0, 0.05) is 49.2 Å². The Morgan fingerprint density at radius 2 is 0.917 bits per heavy atom. The van der Waals surface area contributed by atoms with Crippen molar-refractivity contribution in [2.24, 2.45) is 0 Å². The third kappa shape index (κ3) is 13.4.